The minimum atomic E-state index is -0.553. The number of hydrogen-bond acceptors (Lipinski definition) is 6. The number of rotatable bonds is 7. The predicted molar refractivity (Wildman–Crippen MR) is 111 cm³/mol. The Hall–Kier alpha value is -1.71. The highest BCUT2D eigenvalue weighted by atomic mass is 16.5. The number of carbonyl (C=O) groups is 3. The van der Waals surface area contributed by atoms with Gasteiger partial charge in [0.05, 0.1) is 12.1 Å². The maximum atomic E-state index is 13.3. The van der Waals surface area contributed by atoms with Gasteiger partial charge in [-0.1, -0.05) is 13.8 Å². The fourth-order valence-electron chi connectivity index (χ4n) is 4.61. The number of methoxy groups -OCH3 is 1. The van der Waals surface area contributed by atoms with Gasteiger partial charge >= 0.3 is 0 Å². The summed E-state index contributed by atoms with van der Waals surface area (Å²) in [5, 5.41) is 3.25. The van der Waals surface area contributed by atoms with Crippen LogP contribution in [-0.4, -0.2) is 110 Å². The summed E-state index contributed by atoms with van der Waals surface area (Å²) in [5.74, 6) is -0.345. The molecular formula is C21H36N4O5. The summed E-state index contributed by atoms with van der Waals surface area (Å²) >= 11 is 0. The standard InChI is InChI=1S/C21H36N4O5/c1-15(2)20(27)24(13-17-5-4-10-30-17)16-11-18(25(12-16)19(26)14-29-3)21(28)23-8-6-22-7-9-23/h15-18,22H,4-14H2,1-3H3. The summed E-state index contributed by atoms with van der Waals surface area (Å²) in [7, 11) is 1.48. The summed E-state index contributed by atoms with van der Waals surface area (Å²) in [5.41, 5.74) is 0. The van der Waals surface area contributed by atoms with E-state index in [9.17, 15) is 14.4 Å². The summed E-state index contributed by atoms with van der Waals surface area (Å²) in [6, 6.07) is -0.746. The molecule has 0 radical (unpaired) electrons. The van der Waals surface area contributed by atoms with Crippen LogP contribution in [0.25, 0.3) is 0 Å². The smallest absolute Gasteiger partial charge is 0.249 e. The molecule has 30 heavy (non-hydrogen) atoms. The van der Waals surface area contributed by atoms with Crippen LogP contribution >= 0.6 is 0 Å². The molecule has 3 unspecified atom stereocenters. The topological polar surface area (TPSA) is 91.4 Å². The number of piperazine rings is 1. The van der Waals surface area contributed by atoms with E-state index < -0.39 is 6.04 Å². The third-order valence-corrected chi connectivity index (χ3v) is 6.22. The van der Waals surface area contributed by atoms with Gasteiger partial charge in [-0.3, -0.25) is 14.4 Å². The number of hydrogen-bond donors (Lipinski definition) is 1. The number of nitrogens with one attached hydrogen (secondary N) is 1. The second-order valence-corrected chi connectivity index (χ2v) is 8.74. The van der Waals surface area contributed by atoms with Gasteiger partial charge < -0.3 is 29.5 Å². The highest BCUT2D eigenvalue weighted by molar-refractivity contribution is 5.89. The van der Waals surface area contributed by atoms with E-state index in [1.165, 1.54) is 7.11 Å². The lowest BCUT2D eigenvalue weighted by Gasteiger charge is -2.32. The molecule has 9 nitrogen and oxygen atoms in total. The zero-order valence-electron chi connectivity index (χ0n) is 18.5. The van der Waals surface area contributed by atoms with Crippen LogP contribution in [0.15, 0.2) is 0 Å². The molecule has 3 saturated heterocycles. The van der Waals surface area contributed by atoms with Gasteiger partial charge in [0.1, 0.15) is 12.6 Å². The van der Waals surface area contributed by atoms with Crippen molar-refractivity contribution < 1.29 is 23.9 Å². The lowest BCUT2D eigenvalue weighted by molar-refractivity contribution is -0.146. The molecule has 0 spiro atoms. The van der Waals surface area contributed by atoms with Gasteiger partial charge in [-0.2, -0.15) is 0 Å². The highest BCUT2D eigenvalue weighted by Crippen LogP contribution is 2.27. The van der Waals surface area contributed by atoms with Crippen LogP contribution < -0.4 is 5.32 Å². The van der Waals surface area contributed by atoms with E-state index in [4.69, 9.17) is 9.47 Å². The van der Waals surface area contributed by atoms with Crippen molar-refractivity contribution in [1.29, 1.82) is 0 Å². The van der Waals surface area contributed by atoms with Crippen molar-refractivity contribution in [2.45, 2.75) is 51.3 Å². The third kappa shape index (κ3) is 5.31. The molecule has 0 aliphatic carbocycles. The van der Waals surface area contributed by atoms with Crippen molar-refractivity contribution in [3.05, 3.63) is 0 Å². The minimum Gasteiger partial charge on any atom is -0.376 e. The Morgan fingerprint density at radius 2 is 1.97 bits per heavy atom. The second-order valence-electron chi connectivity index (χ2n) is 8.74. The van der Waals surface area contributed by atoms with Crippen LogP contribution in [0.5, 0.6) is 0 Å². The highest BCUT2D eigenvalue weighted by Gasteiger charge is 2.45. The van der Waals surface area contributed by atoms with Gasteiger partial charge in [0.15, 0.2) is 0 Å². The van der Waals surface area contributed by atoms with Crippen molar-refractivity contribution in [1.82, 2.24) is 20.0 Å². The van der Waals surface area contributed by atoms with Crippen molar-refractivity contribution in [3.8, 4) is 0 Å². The molecule has 3 amide bonds. The van der Waals surface area contributed by atoms with E-state index >= 15 is 0 Å². The summed E-state index contributed by atoms with van der Waals surface area (Å²) in [6.45, 7) is 8.08. The molecular weight excluding hydrogens is 388 g/mol. The zero-order valence-corrected chi connectivity index (χ0v) is 18.5. The summed E-state index contributed by atoms with van der Waals surface area (Å²) < 4.78 is 10.8. The number of nitrogens with zero attached hydrogens (tertiary/aromatic N) is 3. The van der Waals surface area contributed by atoms with Crippen molar-refractivity contribution in [2.75, 3.05) is 59.6 Å². The first-order chi connectivity index (χ1) is 14.4. The van der Waals surface area contributed by atoms with Crippen LogP contribution in [0.2, 0.25) is 0 Å². The molecule has 0 aromatic heterocycles. The molecule has 3 aliphatic heterocycles. The van der Waals surface area contributed by atoms with Crippen LogP contribution in [0.3, 0.4) is 0 Å². The normalized spacial score (nSPS) is 27.0. The first kappa shape index (κ1) is 23.0. The molecule has 0 saturated carbocycles. The Bertz CT molecular complexity index is 617. The molecule has 3 rings (SSSR count). The molecule has 3 aliphatic rings. The maximum absolute atomic E-state index is 13.3. The largest absolute Gasteiger partial charge is 0.376 e. The molecule has 3 atom stereocenters. The Balaban J connectivity index is 1.79. The van der Waals surface area contributed by atoms with E-state index in [1.54, 1.807) is 4.90 Å². The Labute approximate surface area is 179 Å². The van der Waals surface area contributed by atoms with Gasteiger partial charge in [0, 0.05) is 58.9 Å². The van der Waals surface area contributed by atoms with Gasteiger partial charge in [-0.25, -0.2) is 0 Å². The van der Waals surface area contributed by atoms with Gasteiger partial charge in [0.2, 0.25) is 17.7 Å². The van der Waals surface area contributed by atoms with E-state index in [1.807, 2.05) is 23.6 Å². The Morgan fingerprint density at radius 3 is 2.57 bits per heavy atom. The number of carbonyl (C=O) groups excluding carboxylic acids is 3. The Kier molecular flexibility index (Phi) is 8.07. The van der Waals surface area contributed by atoms with Crippen LogP contribution in [0, 0.1) is 5.92 Å². The van der Waals surface area contributed by atoms with Crippen molar-refractivity contribution in [3.63, 3.8) is 0 Å². The van der Waals surface area contributed by atoms with Gasteiger partial charge in [-0.15, -0.1) is 0 Å². The van der Waals surface area contributed by atoms with E-state index in [2.05, 4.69) is 5.32 Å². The van der Waals surface area contributed by atoms with Crippen LogP contribution in [0.1, 0.15) is 33.1 Å². The van der Waals surface area contributed by atoms with Crippen molar-refractivity contribution >= 4 is 17.7 Å². The van der Waals surface area contributed by atoms with Crippen LogP contribution in [-0.2, 0) is 23.9 Å². The molecule has 0 bridgehead atoms. The third-order valence-electron chi connectivity index (χ3n) is 6.22. The van der Waals surface area contributed by atoms with Gasteiger partial charge in [-0.05, 0) is 19.3 Å². The lowest BCUT2D eigenvalue weighted by atomic mass is 10.1. The van der Waals surface area contributed by atoms with Crippen LogP contribution in [0.4, 0.5) is 0 Å². The molecule has 0 aromatic carbocycles. The summed E-state index contributed by atoms with van der Waals surface area (Å²) in [6.07, 6.45) is 2.42. The first-order valence-electron chi connectivity index (χ1n) is 11.1. The van der Waals surface area contributed by atoms with Gasteiger partial charge in [0.25, 0.3) is 0 Å². The van der Waals surface area contributed by atoms with E-state index in [0.29, 0.717) is 32.6 Å². The SMILES string of the molecule is COCC(=O)N1CC(N(CC2CCCO2)C(=O)C(C)C)CC1C(=O)N1CCNCC1. The van der Waals surface area contributed by atoms with E-state index in [0.717, 1.165) is 32.5 Å². The average Bonchev–Trinajstić information content (AvgIpc) is 3.41. The average molecular weight is 425 g/mol. The number of likely N-dealkylation sites (tertiary alicyclic amines) is 1. The first-order valence-corrected chi connectivity index (χ1v) is 11.1. The Morgan fingerprint density at radius 1 is 1.23 bits per heavy atom. The monoisotopic (exact) mass is 424 g/mol. The molecule has 3 heterocycles. The fourth-order valence-corrected chi connectivity index (χ4v) is 4.61. The predicted octanol–water partition coefficient (Wildman–Crippen LogP) is -0.302. The zero-order chi connectivity index (χ0) is 21.7. The quantitative estimate of drug-likeness (QED) is 0.603. The molecule has 0 aromatic rings. The number of amides is 3. The maximum Gasteiger partial charge on any atom is 0.249 e. The summed E-state index contributed by atoms with van der Waals surface area (Å²) in [4.78, 5) is 44.4. The molecule has 3 fully saturated rings. The lowest BCUT2D eigenvalue weighted by Crippen LogP contribution is -2.53. The minimum absolute atomic E-state index is 0.0266. The van der Waals surface area contributed by atoms with Crippen molar-refractivity contribution in [2.24, 2.45) is 5.92 Å². The second kappa shape index (κ2) is 10.5. The van der Waals surface area contributed by atoms with E-state index in [-0.39, 0.29) is 42.4 Å². The molecule has 9 heteroatoms. The number of ether oxygens (including phenoxy) is 2. The molecule has 170 valence electrons. The fraction of sp³-hybridized carbons (Fsp3) is 0.857. The molecule has 1 N–H and O–H groups in total.